The van der Waals surface area contributed by atoms with Crippen molar-refractivity contribution in [1.82, 2.24) is 14.9 Å². The first-order valence-corrected chi connectivity index (χ1v) is 10.3. The number of fused-ring (bicyclic) bond motifs is 1. The molecule has 0 aliphatic rings. The molecule has 0 aliphatic heterocycles. The number of amides is 1. The highest BCUT2D eigenvalue weighted by Gasteiger charge is 2.15. The number of thiophene rings is 1. The summed E-state index contributed by atoms with van der Waals surface area (Å²) < 4.78 is 6.51. The van der Waals surface area contributed by atoms with E-state index in [0.29, 0.717) is 22.0 Å². The summed E-state index contributed by atoms with van der Waals surface area (Å²) >= 11 is 2.74. The Bertz CT molecular complexity index is 999. The van der Waals surface area contributed by atoms with E-state index in [4.69, 9.17) is 4.74 Å². The molecule has 6 nitrogen and oxygen atoms in total. The molecule has 1 unspecified atom stereocenters. The summed E-state index contributed by atoms with van der Waals surface area (Å²) in [5.74, 6) is 0.0755. The lowest BCUT2D eigenvalue weighted by Gasteiger charge is -2.12. The number of carbonyl (C=O) groups is 1. The van der Waals surface area contributed by atoms with E-state index >= 15 is 0 Å². The number of carbonyl (C=O) groups excluding carboxylic acids is 1. The molecular formula is C19H21N3O3S2. The van der Waals surface area contributed by atoms with Crippen molar-refractivity contribution in [1.29, 1.82) is 0 Å². The number of aromatic nitrogens is 2. The predicted molar refractivity (Wildman–Crippen MR) is 111 cm³/mol. The van der Waals surface area contributed by atoms with Crippen molar-refractivity contribution >= 4 is 39.2 Å². The van der Waals surface area contributed by atoms with Crippen LogP contribution < -0.4 is 10.9 Å². The summed E-state index contributed by atoms with van der Waals surface area (Å²) in [6.45, 7) is 2.33. The summed E-state index contributed by atoms with van der Waals surface area (Å²) in [6.07, 6.45) is 0. The smallest absolute Gasteiger partial charge is 0.262 e. The molecule has 2 aromatic heterocycles. The van der Waals surface area contributed by atoms with Crippen molar-refractivity contribution in [2.75, 3.05) is 19.5 Å². The third kappa shape index (κ3) is 4.58. The van der Waals surface area contributed by atoms with Crippen LogP contribution in [0, 0.1) is 0 Å². The summed E-state index contributed by atoms with van der Waals surface area (Å²) in [5, 5.41) is 3.98. The highest BCUT2D eigenvalue weighted by atomic mass is 32.2. The number of hydrogen-bond donors (Lipinski definition) is 1. The predicted octanol–water partition coefficient (Wildman–Crippen LogP) is 2.91. The van der Waals surface area contributed by atoms with Gasteiger partial charge in [0.15, 0.2) is 5.16 Å². The van der Waals surface area contributed by atoms with Crippen LogP contribution in [0.2, 0.25) is 0 Å². The fraction of sp³-hybridized carbons (Fsp3) is 0.316. The van der Waals surface area contributed by atoms with Crippen molar-refractivity contribution in [3.8, 4) is 10.4 Å². The van der Waals surface area contributed by atoms with Crippen LogP contribution in [0.15, 0.2) is 46.3 Å². The van der Waals surface area contributed by atoms with Crippen molar-refractivity contribution < 1.29 is 9.53 Å². The highest BCUT2D eigenvalue weighted by Crippen LogP contribution is 2.31. The van der Waals surface area contributed by atoms with Crippen LogP contribution in [0.25, 0.3) is 20.7 Å². The number of methoxy groups -OCH3 is 1. The molecule has 0 bridgehead atoms. The van der Waals surface area contributed by atoms with E-state index in [0.717, 1.165) is 10.4 Å². The molecule has 3 rings (SSSR count). The maximum Gasteiger partial charge on any atom is 0.262 e. The van der Waals surface area contributed by atoms with Gasteiger partial charge in [-0.05, 0) is 18.6 Å². The van der Waals surface area contributed by atoms with Gasteiger partial charge in [0, 0.05) is 25.1 Å². The molecule has 142 valence electrons. The van der Waals surface area contributed by atoms with E-state index < -0.39 is 0 Å². The molecule has 1 amide bonds. The van der Waals surface area contributed by atoms with Crippen LogP contribution in [-0.4, -0.2) is 41.0 Å². The van der Waals surface area contributed by atoms with Crippen LogP contribution in [0.5, 0.6) is 0 Å². The number of ether oxygens (including phenoxy) is 1. The topological polar surface area (TPSA) is 73.2 Å². The lowest BCUT2D eigenvalue weighted by atomic mass is 10.2. The van der Waals surface area contributed by atoms with Crippen molar-refractivity contribution in [2.24, 2.45) is 7.05 Å². The van der Waals surface area contributed by atoms with E-state index in [1.807, 2.05) is 43.3 Å². The molecule has 8 heteroatoms. The Morgan fingerprint density at radius 3 is 2.81 bits per heavy atom. The number of thioether (sulfide) groups is 1. The van der Waals surface area contributed by atoms with Gasteiger partial charge in [-0.25, -0.2) is 4.98 Å². The van der Waals surface area contributed by atoms with Crippen molar-refractivity contribution in [3.05, 3.63) is 46.8 Å². The van der Waals surface area contributed by atoms with Crippen molar-refractivity contribution in [3.63, 3.8) is 0 Å². The van der Waals surface area contributed by atoms with E-state index in [1.54, 1.807) is 14.2 Å². The minimum absolute atomic E-state index is 0.0620. The zero-order valence-corrected chi connectivity index (χ0v) is 17.0. The monoisotopic (exact) mass is 403 g/mol. The van der Waals surface area contributed by atoms with Crippen LogP contribution in [0.4, 0.5) is 0 Å². The first-order valence-electron chi connectivity index (χ1n) is 8.46. The molecule has 0 radical (unpaired) electrons. The summed E-state index contributed by atoms with van der Waals surface area (Å²) in [4.78, 5) is 31.1. The first-order chi connectivity index (χ1) is 13.0. The minimum Gasteiger partial charge on any atom is -0.383 e. The zero-order valence-electron chi connectivity index (χ0n) is 15.4. The van der Waals surface area contributed by atoms with E-state index in [-0.39, 0.29) is 23.3 Å². The zero-order chi connectivity index (χ0) is 19.4. The summed E-state index contributed by atoms with van der Waals surface area (Å²) in [6, 6.07) is 11.7. The number of nitrogens with zero attached hydrogens (tertiary/aromatic N) is 2. The second-order valence-electron chi connectivity index (χ2n) is 6.17. The Hall–Kier alpha value is -2.16. The third-order valence-electron chi connectivity index (χ3n) is 3.95. The van der Waals surface area contributed by atoms with Gasteiger partial charge in [0.25, 0.3) is 5.56 Å². The highest BCUT2D eigenvalue weighted by molar-refractivity contribution is 7.99. The molecule has 0 saturated heterocycles. The maximum absolute atomic E-state index is 12.7. The third-order valence-corrected chi connectivity index (χ3v) is 6.05. The number of rotatable bonds is 7. The molecule has 0 fully saturated rings. The first kappa shape index (κ1) is 19.6. The normalized spacial score (nSPS) is 12.3. The summed E-state index contributed by atoms with van der Waals surface area (Å²) in [7, 11) is 3.28. The van der Waals surface area contributed by atoms with E-state index in [9.17, 15) is 9.59 Å². The molecule has 27 heavy (non-hydrogen) atoms. The van der Waals surface area contributed by atoms with Gasteiger partial charge in [-0.15, -0.1) is 11.3 Å². The lowest BCUT2D eigenvalue weighted by Crippen LogP contribution is -2.36. The van der Waals surface area contributed by atoms with Crippen LogP contribution in [0.1, 0.15) is 6.92 Å². The Kier molecular flexibility index (Phi) is 6.30. The van der Waals surface area contributed by atoms with Gasteiger partial charge in [0.1, 0.15) is 4.83 Å². The second-order valence-corrected chi connectivity index (χ2v) is 8.14. The molecule has 0 saturated carbocycles. The fourth-order valence-electron chi connectivity index (χ4n) is 2.66. The lowest BCUT2D eigenvalue weighted by molar-refractivity contribution is -0.119. The van der Waals surface area contributed by atoms with Crippen LogP contribution in [-0.2, 0) is 16.6 Å². The van der Waals surface area contributed by atoms with E-state index in [2.05, 4.69) is 10.3 Å². The van der Waals surface area contributed by atoms with Crippen molar-refractivity contribution in [2.45, 2.75) is 18.1 Å². The minimum atomic E-state index is -0.116. The van der Waals surface area contributed by atoms with Crippen LogP contribution in [0.3, 0.4) is 0 Å². The molecule has 1 aromatic carbocycles. The standard InChI is InChI=1S/C19H21N3O3S2/c1-12(10-25-3)20-16(23)11-26-19-21-17-14(18(24)22(19)2)9-15(27-17)13-7-5-4-6-8-13/h4-9,12H,10-11H2,1-3H3,(H,20,23). The van der Waals surface area contributed by atoms with E-state index in [1.165, 1.54) is 27.7 Å². The SMILES string of the molecule is COCC(C)NC(=O)CSc1nc2sc(-c3ccccc3)cc2c(=O)n1C. The molecule has 3 aromatic rings. The van der Waals surface area contributed by atoms with Crippen LogP contribution >= 0.6 is 23.1 Å². The molecule has 2 heterocycles. The number of benzene rings is 1. The fourth-order valence-corrected chi connectivity index (χ4v) is 4.52. The Balaban J connectivity index is 1.81. The molecule has 0 aliphatic carbocycles. The molecule has 0 spiro atoms. The average Bonchev–Trinajstić information content (AvgIpc) is 3.09. The second kappa shape index (κ2) is 8.69. The Labute approximate surface area is 165 Å². The van der Waals surface area contributed by atoms with Gasteiger partial charge >= 0.3 is 0 Å². The average molecular weight is 404 g/mol. The van der Waals surface area contributed by atoms with Gasteiger partial charge in [-0.1, -0.05) is 42.1 Å². The Morgan fingerprint density at radius 2 is 2.11 bits per heavy atom. The Morgan fingerprint density at radius 1 is 1.37 bits per heavy atom. The van der Waals surface area contributed by atoms with Gasteiger partial charge in [-0.2, -0.15) is 0 Å². The summed E-state index contributed by atoms with van der Waals surface area (Å²) in [5.41, 5.74) is 0.956. The molecular weight excluding hydrogens is 382 g/mol. The van der Waals surface area contributed by atoms with Gasteiger partial charge in [0.05, 0.1) is 17.7 Å². The number of nitrogens with one attached hydrogen (secondary N) is 1. The molecule has 1 atom stereocenters. The molecule has 1 N–H and O–H groups in total. The van der Waals surface area contributed by atoms with Gasteiger partial charge < -0.3 is 10.1 Å². The van der Waals surface area contributed by atoms with Gasteiger partial charge in [-0.3, -0.25) is 14.2 Å². The number of hydrogen-bond acceptors (Lipinski definition) is 6. The largest absolute Gasteiger partial charge is 0.383 e. The van der Waals surface area contributed by atoms with Gasteiger partial charge in [0.2, 0.25) is 5.91 Å². The quantitative estimate of drug-likeness (QED) is 0.485. The maximum atomic E-state index is 12.7.